The molecule has 0 N–H and O–H groups in total. The van der Waals surface area contributed by atoms with E-state index >= 15 is 0 Å². The summed E-state index contributed by atoms with van der Waals surface area (Å²) in [7, 11) is 3.63. The van der Waals surface area contributed by atoms with Gasteiger partial charge in [0.05, 0.1) is 12.0 Å². The molecule has 0 spiro atoms. The summed E-state index contributed by atoms with van der Waals surface area (Å²) in [5.74, 6) is 0.949. The summed E-state index contributed by atoms with van der Waals surface area (Å²) in [6, 6.07) is 2.04. The van der Waals surface area contributed by atoms with Crippen LogP contribution in [0, 0.1) is 6.92 Å². The third kappa shape index (κ3) is 3.92. The van der Waals surface area contributed by atoms with Gasteiger partial charge in [-0.3, -0.25) is 0 Å². The molecular formula is C11H16BrClN2O. The van der Waals surface area contributed by atoms with Gasteiger partial charge >= 0.3 is 0 Å². The van der Waals surface area contributed by atoms with Crippen molar-refractivity contribution in [3.63, 3.8) is 0 Å². The number of rotatable bonds is 5. The van der Waals surface area contributed by atoms with Crippen molar-refractivity contribution >= 4 is 33.3 Å². The van der Waals surface area contributed by atoms with Crippen LogP contribution in [-0.4, -0.2) is 37.7 Å². The summed E-state index contributed by atoms with van der Waals surface area (Å²) in [6.07, 6.45) is 1.79. The summed E-state index contributed by atoms with van der Waals surface area (Å²) in [4.78, 5) is 6.41. The summed E-state index contributed by atoms with van der Waals surface area (Å²) >= 11 is 9.50. The fraction of sp³-hybridized carbons (Fsp3) is 0.545. The fourth-order valence-electron chi connectivity index (χ4n) is 1.55. The number of nitrogens with zero attached hydrogens (tertiary/aromatic N) is 2. The average molecular weight is 308 g/mol. The Kier molecular flexibility index (Phi) is 5.52. The molecule has 1 aromatic rings. The second kappa shape index (κ2) is 6.42. The van der Waals surface area contributed by atoms with E-state index in [1.165, 1.54) is 0 Å². The Labute approximate surface area is 110 Å². The van der Waals surface area contributed by atoms with Gasteiger partial charge in [0.15, 0.2) is 0 Å². The number of pyridine rings is 1. The Morgan fingerprint density at radius 3 is 2.88 bits per heavy atom. The maximum Gasteiger partial charge on any atom is 0.131 e. The van der Waals surface area contributed by atoms with Crippen LogP contribution in [0.15, 0.2) is 16.7 Å². The minimum atomic E-state index is -0.0279. The van der Waals surface area contributed by atoms with Crippen molar-refractivity contribution < 1.29 is 4.74 Å². The van der Waals surface area contributed by atoms with Crippen molar-refractivity contribution in [2.75, 3.05) is 32.2 Å². The minimum Gasteiger partial charge on any atom is -0.383 e. The predicted octanol–water partition coefficient (Wildman–Crippen LogP) is 2.84. The lowest BCUT2D eigenvalue weighted by Crippen LogP contribution is -2.29. The van der Waals surface area contributed by atoms with E-state index in [0.717, 1.165) is 15.9 Å². The Balaban J connectivity index is 2.69. The second-order valence-electron chi connectivity index (χ2n) is 3.73. The molecule has 3 nitrogen and oxygen atoms in total. The van der Waals surface area contributed by atoms with E-state index < -0.39 is 0 Å². The first kappa shape index (κ1) is 13.7. The minimum absolute atomic E-state index is 0.0279. The third-order valence-corrected chi connectivity index (χ3v) is 2.90. The average Bonchev–Trinajstić information content (AvgIpc) is 2.17. The number of alkyl halides is 1. The van der Waals surface area contributed by atoms with Gasteiger partial charge in [-0.05, 0) is 34.5 Å². The number of hydrogen-bond donors (Lipinski definition) is 0. The molecular weight excluding hydrogens is 291 g/mol. The Hall–Kier alpha value is -0.320. The van der Waals surface area contributed by atoms with Crippen LogP contribution in [0.25, 0.3) is 0 Å². The molecule has 0 radical (unpaired) electrons. The van der Waals surface area contributed by atoms with Crippen molar-refractivity contribution in [1.82, 2.24) is 4.98 Å². The lowest BCUT2D eigenvalue weighted by molar-refractivity contribution is 0.199. The molecule has 1 atom stereocenters. The standard InChI is InChI=1S/C11H16BrClN2O/c1-8-4-9(12)5-14-11(8)15(2)6-10(13)7-16-3/h4-5,10H,6-7H2,1-3H3. The van der Waals surface area contributed by atoms with E-state index in [1.807, 2.05) is 24.9 Å². The SMILES string of the molecule is COCC(Cl)CN(C)c1ncc(Br)cc1C. The molecule has 90 valence electrons. The highest BCUT2D eigenvalue weighted by molar-refractivity contribution is 9.10. The first-order valence-corrected chi connectivity index (χ1v) is 6.23. The van der Waals surface area contributed by atoms with E-state index in [9.17, 15) is 0 Å². The second-order valence-corrected chi connectivity index (χ2v) is 5.26. The summed E-state index contributed by atoms with van der Waals surface area (Å²) < 4.78 is 5.99. The van der Waals surface area contributed by atoms with Crippen LogP contribution in [0.3, 0.4) is 0 Å². The summed E-state index contributed by atoms with van der Waals surface area (Å²) in [5, 5.41) is -0.0279. The predicted molar refractivity (Wildman–Crippen MR) is 71.5 cm³/mol. The first-order chi connectivity index (χ1) is 7.54. The van der Waals surface area contributed by atoms with Crippen molar-refractivity contribution in [2.45, 2.75) is 12.3 Å². The van der Waals surface area contributed by atoms with Gasteiger partial charge in [-0.1, -0.05) is 0 Å². The van der Waals surface area contributed by atoms with E-state index in [0.29, 0.717) is 13.2 Å². The van der Waals surface area contributed by atoms with E-state index in [1.54, 1.807) is 13.3 Å². The van der Waals surface area contributed by atoms with Crippen LogP contribution in [0.4, 0.5) is 5.82 Å². The normalized spacial score (nSPS) is 12.6. The van der Waals surface area contributed by atoms with Crippen LogP contribution in [0.1, 0.15) is 5.56 Å². The molecule has 1 aromatic heterocycles. The number of methoxy groups -OCH3 is 1. The highest BCUT2D eigenvalue weighted by Crippen LogP contribution is 2.20. The molecule has 0 bridgehead atoms. The number of hydrogen-bond acceptors (Lipinski definition) is 3. The van der Waals surface area contributed by atoms with E-state index in [-0.39, 0.29) is 5.38 Å². The smallest absolute Gasteiger partial charge is 0.131 e. The van der Waals surface area contributed by atoms with Crippen LogP contribution in [0.5, 0.6) is 0 Å². The lowest BCUT2D eigenvalue weighted by atomic mass is 10.2. The zero-order chi connectivity index (χ0) is 12.1. The van der Waals surface area contributed by atoms with Crippen molar-refractivity contribution in [2.24, 2.45) is 0 Å². The highest BCUT2D eigenvalue weighted by atomic mass is 79.9. The van der Waals surface area contributed by atoms with Gasteiger partial charge in [-0.25, -0.2) is 4.98 Å². The molecule has 1 rings (SSSR count). The molecule has 0 saturated heterocycles. The van der Waals surface area contributed by atoms with Gasteiger partial charge in [-0.2, -0.15) is 0 Å². The molecule has 0 aliphatic heterocycles. The molecule has 0 saturated carbocycles. The molecule has 5 heteroatoms. The fourth-order valence-corrected chi connectivity index (χ4v) is 2.33. The number of aryl methyl sites for hydroxylation is 1. The monoisotopic (exact) mass is 306 g/mol. The number of anilines is 1. The van der Waals surface area contributed by atoms with Crippen molar-refractivity contribution in [3.05, 3.63) is 22.3 Å². The topological polar surface area (TPSA) is 25.4 Å². The summed E-state index contributed by atoms with van der Waals surface area (Å²) in [6.45, 7) is 3.29. The first-order valence-electron chi connectivity index (χ1n) is 5.01. The molecule has 16 heavy (non-hydrogen) atoms. The molecule has 0 fully saturated rings. The van der Waals surface area contributed by atoms with Crippen LogP contribution < -0.4 is 4.90 Å². The zero-order valence-electron chi connectivity index (χ0n) is 9.70. The van der Waals surface area contributed by atoms with Gasteiger partial charge in [0.1, 0.15) is 5.82 Å². The van der Waals surface area contributed by atoms with Crippen molar-refractivity contribution in [1.29, 1.82) is 0 Å². The molecule has 0 aromatic carbocycles. The molecule has 1 heterocycles. The maximum absolute atomic E-state index is 6.11. The summed E-state index contributed by atoms with van der Waals surface area (Å²) in [5.41, 5.74) is 1.12. The number of aromatic nitrogens is 1. The Bertz CT molecular complexity index is 349. The Morgan fingerprint density at radius 2 is 2.31 bits per heavy atom. The van der Waals surface area contributed by atoms with Crippen LogP contribution >= 0.6 is 27.5 Å². The highest BCUT2D eigenvalue weighted by Gasteiger charge is 2.11. The molecule has 0 aliphatic carbocycles. The van der Waals surface area contributed by atoms with Crippen molar-refractivity contribution in [3.8, 4) is 0 Å². The lowest BCUT2D eigenvalue weighted by Gasteiger charge is -2.22. The third-order valence-electron chi connectivity index (χ3n) is 2.20. The van der Waals surface area contributed by atoms with Crippen LogP contribution in [-0.2, 0) is 4.74 Å². The Morgan fingerprint density at radius 1 is 1.62 bits per heavy atom. The van der Waals surface area contributed by atoms with Gasteiger partial charge in [0.25, 0.3) is 0 Å². The zero-order valence-corrected chi connectivity index (χ0v) is 12.0. The van der Waals surface area contributed by atoms with Gasteiger partial charge in [0, 0.05) is 31.4 Å². The number of halogens is 2. The van der Waals surface area contributed by atoms with Gasteiger partial charge in [0.2, 0.25) is 0 Å². The largest absolute Gasteiger partial charge is 0.383 e. The maximum atomic E-state index is 6.11. The molecule has 0 amide bonds. The molecule has 1 unspecified atom stereocenters. The van der Waals surface area contributed by atoms with Gasteiger partial charge < -0.3 is 9.64 Å². The quantitative estimate of drug-likeness (QED) is 0.782. The van der Waals surface area contributed by atoms with E-state index in [4.69, 9.17) is 16.3 Å². The number of ether oxygens (including phenoxy) is 1. The van der Waals surface area contributed by atoms with Gasteiger partial charge in [-0.15, -0.1) is 11.6 Å². The molecule has 0 aliphatic rings. The van der Waals surface area contributed by atoms with Crippen LogP contribution in [0.2, 0.25) is 0 Å². The van der Waals surface area contributed by atoms with E-state index in [2.05, 4.69) is 20.9 Å².